The SMILES string of the molecule is CN=C(NCc1cnn(-c2ccccc2)c1)NCC(C)Cc1cccs1.I. The Bertz CT molecular complexity index is 814. The molecule has 0 saturated heterocycles. The molecule has 0 aliphatic rings. The lowest BCUT2D eigenvalue weighted by Crippen LogP contribution is -2.39. The van der Waals surface area contributed by atoms with E-state index >= 15 is 0 Å². The van der Waals surface area contributed by atoms with Gasteiger partial charge in [-0.2, -0.15) is 5.10 Å². The van der Waals surface area contributed by atoms with Gasteiger partial charge in [-0.3, -0.25) is 4.99 Å². The molecule has 0 spiro atoms. The summed E-state index contributed by atoms with van der Waals surface area (Å²) in [5.74, 6) is 1.36. The molecule has 7 heteroatoms. The largest absolute Gasteiger partial charge is 0.356 e. The predicted octanol–water partition coefficient (Wildman–Crippen LogP) is 4.10. The normalized spacial score (nSPS) is 12.3. The predicted molar refractivity (Wildman–Crippen MR) is 124 cm³/mol. The Morgan fingerprint density at radius 3 is 2.70 bits per heavy atom. The molecular weight excluding hydrogens is 469 g/mol. The van der Waals surface area contributed by atoms with Gasteiger partial charge in [-0.15, -0.1) is 35.3 Å². The summed E-state index contributed by atoms with van der Waals surface area (Å²) in [4.78, 5) is 5.73. The van der Waals surface area contributed by atoms with E-state index in [4.69, 9.17) is 0 Å². The molecule has 0 amide bonds. The Balaban J connectivity index is 0.00000261. The number of benzene rings is 1. The maximum absolute atomic E-state index is 4.42. The van der Waals surface area contributed by atoms with E-state index < -0.39 is 0 Å². The molecule has 2 heterocycles. The van der Waals surface area contributed by atoms with Crippen LogP contribution in [0.1, 0.15) is 17.4 Å². The number of halogens is 1. The molecule has 0 fully saturated rings. The van der Waals surface area contributed by atoms with Crippen LogP contribution in [0, 0.1) is 5.92 Å². The summed E-state index contributed by atoms with van der Waals surface area (Å²) in [6, 6.07) is 14.4. The number of rotatable bonds is 7. The smallest absolute Gasteiger partial charge is 0.191 e. The van der Waals surface area contributed by atoms with E-state index in [-0.39, 0.29) is 24.0 Å². The minimum atomic E-state index is 0. The van der Waals surface area contributed by atoms with Crippen molar-refractivity contribution in [1.82, 2.24) is 20.4 Å². The van der Waals surface area contributed by atoms with Crippen molar-refractivity contribution in [3.63, 3.8) is 0 Å². The molecular formula is C20H26IN5S. The van der Waals surface area contributed by atoms with Gasteiger partial charge in [0.1, 0.15) is 0 Å². The van der Waals surface area contributed by atoms with Crippen molar-refractivity contribution in [1.29, 1.82) is 0 Å². The summed E-state index contributed by atoms with van der Waals surface area (Å²) in [5.41, 5.74) is 2.17. The van der Waals surface area contributed by atoms with Gasteiger partial charge >= 0.3 is 0 Å². The van der Waals surface area contributed by atoms with Crippen molar-refractivity contribution in [2.45, 2.75) is 19.9 Å². The van der Waals surface area contributed by atoms with Crippen LogP contribution in [0.15, 0.2) is 65.2 Å². The fraction of sp³-hybridized carbons (Fsp3) is 0.300. The highest BCUT2D eigenvalue weighted by Gasteiger charge is 2.07. The first kappa shape index (κ1) is 21.4. The second-order valence-electron chi connectivity index (χ2n) is 6.32. The topological polar surface area (TPSA) is 54.2 Å². The number of aliphatic imine (C=N–C) groups is 1. The van der Waals surface area contributed by atoms with Crippen molar-refractivity contribution in [3.05, 3.63) is 70.7 Å². The van der Waals surface area contributed by atoms with Gasteiger partial charge in [0, 0.05) is 36.8 Å². The van der Waals surface area contributed by atoms with Gasteiger partial charge in [0.15, 0.2) is 5.96 Å². The molecule has 0 aliphatic carbocycles. The second-order valence-corrected chi connectivity index (χ2v) is 7.36. The quantitative estimate of drug-likeness (QED) is 0.295. The Labute approximate surface area is 181 Å². The van der Waals surface area contributed by atoms with E-state index in [2.05, 4.69) is 45.2 Å². The second kappa shape index (κ2) is 11.1. The third-order valence-electron chi connectivity index (χ3n) is 4.09. The maximum Gasteiger partial charge on any atom is 0.191 e. The van der Waals surface area contributed by atoms with Crippen LogP contribution in [0.25, 0.3) is 5.69 Å². The summed E-state index contributed by atoms with van der Waals surface area (Å²) in [7, 11) is 1.80. The average molecular weight is 495 g/mol. The van der Waals surface area contributed by atoms with E-state index in [1.54, 1.807) is 7.05 Å². The number of aromatic nitrogens is 2. The monoisotopic (exact) mass is 495 g/mol. The Morgan fingerprint density at radius 2 is 2.00 bits per heavy atom. The van der Waals surface area contributed by atoms with Crippen molar-refractivity contribution >= 4 is 41.3 Å². The summed E-state index contributed by atoms with van der Waals surface area (Å²) >= 11 is 1.82. The minimum absolute atomic E-state index is 0. The molecule has 5 nitrogen and oxygen atoms in total. The zero-order valence-corrected chi connectivity index (χ0v) is 18.8. The fourth-order valence-electron chi connectivity index (χ4n) is 2.69. The third kappa shape index (κ3) is 6.66. The first-order valence-corrected chi connectivity index (χ1v) is 9.68. The minimum Gasteiger partial charge on any atom is -0.356 e. The van der Waals surface area contributed by atoms with E-state index in [9.17, 15) is 0 Å². The zero-order chi connectivity index (χ0) is 18.2. The zero-order valence-electron chi connectivity index (χ0n) is 15.6. The van der Waals surface area contributed by atoms with Crippen molar-refractivity contribution in [2.24, 2.45) is 10.9 Å². The van der Waals surface area contributed by atoms with Gasteiger partial charge in [0.25, 0.3) is 0 Å². The number of nitrogens with one attached hydrogen (secondary N) is 2. The molecule has 0 aliphatic heterocycles. The van der Waals surface area contributed by atoms with E-state index in [0.29, 0.717) is 12.5 Å². The van der Waals surface area contributed by atoms with E-state index in [0.717, 1.165) is 30.2 Å². The molecule has 2 aromatic heterocycles. The number of thiophene rings is 1. The van der Waals surface area contributed by atoms with Crippen LogP contribution >= 0.6 is 35.3 Å². The molecule has 1 atom stereocenters. The van der Waals surface area contributed by atoms with Crippen molar-refractivity contribution in [2.75, 3.05) is 13.6 Å². The molecule has 1 aromatic carbocycles. The number of guanidine groups is 1. The van der Waals surface area contributed by atoms with Crippen molar-refractivity contribution in [3.8, 4) is 5.69 Å². The molecule has 3 rings (SSSR count). The van der Waals surface area contributed by atoms with Crippen LogP contribution in [0.2, 0.25) is 0 Å². The maximum atomic E-state index is 4.42. The summed E-state index contributed by atoms with van der Waals surface area (Å²) < 4.78 is 1.89. The van der Waals surface area contributed by atoms with Gasteiger partial charge in [-0.25, -0.2) is 4.68 Å². The van der Waals surface area contributed by atoms with Crippen LogP contribution in [-0.2, 0) is 13.0 Å². The molecule has 0 saturated carbocycles. The molecule has 0 bridgehead atoms. The van der Waals surface area contributed by atoms with E-state index in [1.807, 2.05) is 58.7 Å². The molecule has 2 N–H and O–H groups in total. The van der Waals surface area contributed by atoms with Crippen molar-refractivity contribution < 1.29 is 0 Å². The third-order valence-corrected chi connectivity index (χ3v) is 4.99. The highest BCUT2D eigenvalue weighted by Crippen LogP contribution is 2.13. The Hall–Kier alpha value is -1.87. The summed E-state index contributed by atoms with van der Waals surface area (Å²) in [6.07, 6.45) is 5.01. The molecule has 0 radical (unpaired) electrons. The van der Waals surface area contributed by atoms with Crippen LogP contribution in [0.3, 0.4) is 0 Å². The number of hydrogen-bond donors (Lipinski definition) is 2. The van der Waals surface area contributed by atoms with Crippen LogP contribution in [-0.4, -0.2) is 29.3 Å². The summed E-state index contributed by atoms with van der Waals surface area (Å²) in [6.45, 7) is 3.83. The summed E-state index contributed by atoms with van der Waals surface area (Å²) in [5, 5.41) is 13.3. The standard InChI is InChI=1S/C20H25N5S.HI/c1-16(11-19-9-6-10-26-19)12-22-20(21-2)23-13-17-14-24-25(15-17)18-7-4-3-5-8-18;/h3-10,14-16H,11-13H2,1-2H3,(H2,21,22,23);1H. The lowest BCUT2D eigenvalue weighted by molar-refractivity contribution is 0.562. The van der Waals surface area contributed by atoms with E-state index in [1.165, 1.54) is 4.88 Å². The van der Waals surface area contributed by atoms with Gasteiger partial charge in [0.2, 0.25) is 0 Å². The lowest BCUT2D eigenvalue weighted by atomic mass is 10.1. The molecule has 144 valence electrons. The molecule has 1 unspecified atom stereocenters. The first-order valence-electron chi connectivity index (χ1n) is 8.80. The number of para-hydroxylation sites is 1. The van der Waals surface area contributed by atoms with Crippen LogP contribution in [0.4, 0.5) is 0 Å². The van der Waals surface area contributed by atoms with Gasteiger partial charge in [0.05, 0.1) is 11.9 Å². The lowest BCUT2D eigenvalue weighted by Gasteiger charge is -2.15. The van der Waals surface area contributed by atoms with Crippen LogP contribution < -0.4 is 10.6 Å². The highest BCUT2D eigenvalue weighted by atomic mass is 127. The Kier molecular flexibility index (Phi) is 8.80. The van der Waals surface area contributed by atoms with Gasteiger partial charge in [-0.05, 0) is 35.9 Å². The molecule has 3 aromatic rings. The highest BCUT2D eigenvalue weighted by molar-refractivity contribution is 14.0. The fourth-order valence-corrected chi connectivity index (χ4v) is 3.56. The van der Waals surface area contributed by atoms with Crippen LogP contribution in [0.5, 0.6) is 0 Å². The van der Waals surface area contributed by atoms with Gasteiger partial charge < -0.3 is 10.6 Å². The average Bonchev–Trinajstić information content (AvgIpc) is 3.34. The first-order chi connectivity index (χ1) is 12.7. The number of nitrogens with zero attached hydrogens (tertiary/aromatic N) is 3. The Morgan fingerprint density at radius 1 is 1.19 bits per heavy atom. The molecule has 27 heavy (non-hydrogen) atoms. The van der Waals surface area contributed by atoms with Gasteiger partial charge in [-0.1, -0.05) is 31.2 Å². The number of hydrogen-bond acceptors (Lipinski definition) is 3.